The third-order valence-electron chi connectivity index (χ3n) is 6.85. The first-order chi connectivity index (χ1) is 16.0. The van der Waals surface area contributed by atoms with Gasteiger partial charge in [0.05, 0.1) is 16.7 Å². The fraction of sp³-hybridized carbons (Fsp3) is 0.129. The van der Waals surface area contributed by atoms with Crippen molar-refractivity contribution in [1.29, 1.82) is 0 Å². The van der Waals surface area contributed by atoms with Crippen LogP contribution in [0.3, 0.4) is 0 Å². The Morgan fingerprint density at radius 2 is 1.27 bits per heavy atom. The Labute approximate surface area is 194 Å². The summed E-state index contributed by atoms with van der Waals surface area (Å²) in [6, 6.07) is 30.9. The van der Waals surface area contributed by atoms with Crippen LogP contribution in [0.2, 0.25) is 0 Å². The van der Waals surface area contributed by atoms with E-state index in [0.29, 0.717) is 0 Å². The summed E-state index contributed by atoms with van der Waals surface area (Å²) in [7, 11) is 0. The van der Waals surface area contributed by atoms with Crippen LogP contribution in [0.25, 0.3) is 49.4 Å². The molecule has 2 nitrogen and oxygen atoms in total. The van der Waals surface area contributed by atoms with Crippen molar-refractivity contribution in [3.63, 3.8) is 0 Å². The van der Waals surface area contributed by atoms with Crippen LogP contribution >= 0.6 is 0 Å². The van der Waals surface area contributed by atoms with E-state index in [4.69, 9.17) is 5.10 Å². The van der Waals surface area contributed by atoms with Gasteiger partial charge in [-0.2, -0.15) is 5.10 Å². The van der Waals surface area contributed by atoms with Gasteiger partial charge in [0.1, 0.15) is 0 Å². The van der Waals surface area contributed by atoms with Crippen molar-refractivity contribution in [3.05, 3.63) is 107 Å². The molecule has 0 fully saturated rings. The molecule has 0 amide bonds. The zero-order valence-electron chi connectivity index (χ0n) is 19.5. The molecule has 0 aliphatic rings. The lowest BCUT2D eigenvalue weighted by molar-refractivity contribution is 0.975. The molecule has 33 heavy (non-hydrogen) atoms. The number of aryl methyl sites for hydroxylation is 4. The van der Waals surface area contributed by atoms with Gasteiger partial charge < -0.3 is 0 Å². The summed E-state index contributed by atoms with van der Waals surface area (Å²) >= 11 is 0. The maximum atomic E-state index is 4.87. The first kappa shape index (κ1) is 19.8. The molecule has 0 aliphatic heterocycles. The van der Waals surface area contributed by atoms with Crippen molar-refractivity contribution in [2.75, 3.05) is 0 Å². The highest BCUT2D eigenvalue weighted by atomic mass is 15.2. The van der Waals surface area contributed by atoms with Crippen molar-refractivity contribution >= 4 is 27.2 Å². The van der Waals surface area contributed by atoms with E-state index >= 15 is 0 Å². The maximum Gasteiger partial charge on any atom is 0.0756 e. The first-order valence-corrected chi connectivity index (χ1v) is 11.5. The highest BCUT2D eigenvalue weighted by Gasteiger charge is 2.18. The number of pyridine rings is 1. The van der Waals surface area contributed by atoms with Crippen molar-refractivity contribution in [3.8, 4) is 22.3 Å². The van der Waals surface area contributed by atoms with Gasteiger partial charge >= 0.3 is 0 Å². The second kappa shape index (κ2) is 7.31. The third-order valence-corrected chi connectivity index (χ3v) is 6.85. The molecule has 0 spiro atoms. The van der Waals surface area contributed by atoms with Crippen LogP contribution < -0.4 is 0 Å². The van der Waals surface area contributed by atoms with Crippen molar-refractivity contribution in [2.24, 2.45) is 0 Å². The molecule has 0 aliphatic carbocycles. The second-order valence-corrected chi connectivity index (χ2v) is 9.13. The smallest absolute Gasteiger partial charge is 0.0756 e. The van der Waals surface area contributed by atoms with Crippen molar-refractivity contribution < 1.29 is 0 Å². The lowest BCUT2D eigenvalue weighted by Crippen LogP contribution is -1.96. The number of hydrogen-bond donors (Lipinski definition) is 0. The highest BCUT2D eigenvalue weighted by Crippen LogP contribution is 2.42. The number of fused-ring (bicyclic) bond motifs is 6. The second-order valence-electron chi connectivity index (χ2n) is 9.13. The summed E-state index contributed by atoms with van der Waals surface area (Å²) in [5.74, 6) is 0. The van der Waals surface area contributed by atoms with Gasteiger partial charge in [-0.3, -0.25) is 0 Å². The molecular weight excluding hydrogens is 400 g/mol. The van der Waals surface area contributed by atoms with E-state index in [9.17, 15) is 0 Å². The average molecular weight is 427 g/mol. The van der Waals surface area contributed by atoms with Crippen LogP contribution in [0, 0.1) is 27.7 Å². The number of aromatic nitrogens is 2. The Kier molecular flexibility index (Phi) is 4.38. The van der Waals surface area contributed by atoms with Gasteiger partial charge in [0.2, 0.25) is 0 Å². The van der Waals surface area contributed by atoms with Gasteiger partial charge in [-0.25, -0.2) is 4.52 Å². The molecule has 0 atom stereocenters. The number of benzene rings is 4. The van der Waals surface area contributed by atoms with Crippen LogP contribution in [-0.4, -0.2) is 9.61 Å². The predicted molar refractivity (Wildman–Crippen MR) is 140 cm³/mol. The van der Waals surface area contributed by atoms with Crippen LogP contribution in [0.4, 0.5) is 0 Å². The normalized spacial score (nSPS) is 11.6. The van der Waals surface area contributed by atoms with Gasteiger partial charge in [-0.1, -0.05) is 60.7 Å². The Morgan fingerprint density at radius 1 is 0.576 bits per heavy atom. The fourth-order valence-corrected chi connectivity index (χ4v) is 5.38. The molecule has 2 aromatic heterocycles. The summed E-state index contributed by atoms with van der Waals surface area (Å²) in [6.07, 6.45) is 0. The van der Waals surface area contributed by atoms with E-state index in [1.165, 1.54) is 55.1 Å². The summed E-state index contributed by atoms with van der Waals surface area (Å²) < 4.78 is 2.12. The maximum absolute atomic E-state index is 4.87. The fourth-order valence-electron chi connectivity index (χ4n) is 5.38. The summed E-state index contributed by atoms with van der Waals surface area (Å²) in [4.78, 5) is 0. The van der Waals surface area contributed by atoms with Crippen molar-refractivity contribution in [2.45, 2.75) is 27.7 Å². The third kappa shape index (κ3) is 2.98. The molecule has 0 unspecified atom stereocenters. The Hall–Kier alpha value is -3.91. The quantitative estimate of drug-likeness (QED) is 0.255. The van der Waals surface area contributed by atoms with Gasteiger partial charge in [0, 0.05) is 10.8 Å². The van der Waals surface area contributed by atoms with Gasteiger partial charge in [0.25, 0.3) is 0 Å². The Bertz CT molecular complexity index is 1680. The number of rotatable bonds is 2. The highest BCUT2D eigenvalue weighted by molar-refractivity contribution is 6.19. The number of hydrogen-bond acceptors (Lipinski definition) is 1. The molecule has 0 saturated carbocycles. The van der Waals surface area contributed by atoms with Crippen LogP contribution in [-0.2, 0) is 0 Å². The zero-order valence-corrected chi connectivity index (χ0v) is 19.5. The molecule has 0 bridgehead atoms. The predicted octanol–water partition coefficient (Wildman–Crippen LogP) is 8.21. The number of nitrogens with zero attached hydrogens (tertiary/aromatic N) is 2. The van der Waals surface area contributed by atoms with Gasteiger partial charge in [-0.05, 0) is 96.3 Å². The lowest BCUT2D eigenvalue weighted by Gasteiger charge is -2.18. The summed E-state index contributed by atoms with van der Waals surface area (Å²) in [5.41, 5.74) is 12.3. The molecule has 6 rings (SSSR count). The van der Waals surface area contributed by atoms with Crippen LogP contribution in [0.15, 0.2) is 84.9 Å². The minimum absolute atomic E-state index is 1.03. The molecule has 2 heteroatoms. The molecule has 6 aromatic rings. The van der Waals surface area contributed by atoms with Gasteiger partial charge in [-0.15, -0.1) is 0 Å². The standard InChI is InChI=1S/C31H26N2/c1-19-10-5-6-13-24(19)26-17-23(30-20(2)11-9-12-21(30)3)18-27-25-14-7-8-15-28(25)33-29(31(26)27)16-22(4)32-33/h5-18H,1-4H3. The zero-order chi connectivity index (χ0) is 22.7. The largest absolute Gasteiger partial charge is 0.232 e. The minimum atomic E-state index is 1.03. The Balaban J connectivity index is 1.89. The molecule has 4 aromatic carbocycles. The first-order valence-electron chi connectivity index (χ1n) is 11.5. The van der Waals surface area contributed by atoms with E-state index in [1.807, 2.05) is 0 Å². The summed E-state index contributed by atoms with van der Waals surface area (Å²) in [5, 5.41) is 8.64. The SMILES string of the molecule is Cc1cc2c3c(-c4ccccc4C)cc(-c4c(C)cccc4C)cc3c3ccccc3n2n1. The molecule has 0 N–H and O–H groups in total. The molecule has 0 saturated heterocycles. The van der Waals surface area contributed by atoms with Crippen LogP contribution in [0.1, 0.15) is 22.4 Å². The minimum Gasteiger partial charge on any atom is -0.232 e. The molecule has 0 radical (unpaired) electrons. The Morgan fingerprint density at radius 3 is 2.06 bits per heavy atom. The van der Waals surface area contributed by atoms with Gasteiger partial charge in [0.15, 0.2) is 0 Å². The number of para-hydroxylation sites is 1. The van der Waals surface area contributed by atoms with E-state index in [-0.39, 0.29) is 0 Å². The average Bonchev–Trinajstić information content (AvgIpc) is 3.20. The van der Waals surface area contributed by atoms with Crippen molar-refractivity contribution in [1.82, 2.24) is 9.61 Å². The van der Waals surface area contributed by atoms with Crippen LogP contribution in [0.5, 0.6) is 0 Å². The topological polar surface area (TPSA) is 17.3 Å². The van der Waals surface area contributed by atoms with E-state index in [2.05, 4.69) is 117 Å². The summed E-state index contributed by atoms with van der Waals surface area (Å²) in [6.45, 7) is 8.70. The molecule has 2 heterocycles. The van der Waals surface area contributed by atoms with E-state index in [0.717, 1.165) is 16.7 Å². The molecule has 160 valence electrons. The molecular formula is C31H26N2. The van der Waals surface area contributed by atoms with E-state index in [1.54, 1.807) is 0 Å². The monoisotopic (exact) mass is 426 g/mol. The lowest BCUT2D eigenvalue weighted by atomic mass is 9.87. The van der Waals surface area contributed by atoms with E-state index < -0.39 is 0 Å².